The van der Waals surface area contributed by atoms with Crippen LogP contribution in [0.4, 0.5) is 4.39 Å². The van der Waals surface area contributed by atoms with E-state index in [0.29, 0.717) is 11.1 Å². The molecule has 0 amide bonds. The van der Waals surface area contributed by atoms with Gasteiger partial charge < -0.3 is 9.47 Å². The number of ether oxygens (including phenoxy) is 2. The summed E-state index contributed by atoms with van der Waals surface area (Å²) in [5, 5.41) is 0.657. The normalized spacial score (nSPS) is 25.0. The fourth-order valence-electron chi connectivity index (χ4n) is 3.35. The van der Waals surface area contributed by atoms with Crippen LogP contribution in [-0.4, -0.2) is 18.3 Å². The Morgan fingerprint density at radius 1 is 1.35 bits per heavy atom. The summed E-state index contributed by atoms with van der Waals surface area (Å²) in [7, 11) is 0. The monoisotopic (exact) mass is 342 g/mol. The third-order valence-corrected chi connectivity index (χ3v) is 5.05. The number of halogens is 2. The van der Waals surface area contributed by atoms with Crippen LogP contribution in [-0.2, 0) is 10.1 Å². The lowest BCUT2D eigenvalue weighted by atomic mass is 9.90. The van der Waals surface area contributed by atoms with Gasteiger partial charge in [-0.25, -0.2) is 4.39 Å². The number of hydrogen-bond acceptors (Lipinski definition) is 2. The molecule has 4 heteroatoms. The molecule has 2 nitrogen and oxygen atoms in total. The molecule has 1 saturated carbocycles. The lowest BCUT2D eigenvalue weighted by molar-refractivity contribution is -0.108. The van der Waals surface area contributed by atoms with E-state index in [9.17, 15) is 4.39 Å². The summed E-state index contributed by atoms with van der Waals surface area (Å²) in [6.07, 6.45) is 6.54. The maximum atomic E-state index is 14.0. The molecule has 1 aliphatic heterocycles. The van der Waals surface area contributed by atoms with Crippen molar-refractivity contribution in [3.63, 3.8) is 0 Å². The third-order valence-electron chi connectivity index (χ3n) is 4.41. The van der Waals surface area contributed by atoms with Crippen LogP contribution in [0.25, 0.3) is 0 Å². The molecule has 1 atom stereocenters. The molecular formula is C16H20BrFO2. The highest BCUT2D eigenvalue weighted by Gasteiger charge is 2.40. The second kappa shape index (κ2) is 6.02. The summed E-state index contributed by atoms with van der Waals surface area (Å²) in [6, 6.07) is 5.18. The number of alkyl halides is 1. The zero-order valence-corrected chi connectivity index (χ0v) is 13.1. The minimum Gasteiger partial charge on any atom is -0.487 e. The van der Waals surface area contributed by atoms with E-state index in [2.05, 4.69) is 15.9 Å². The molecule has 1 aromatic rings. The molecular weight excluding hydrogens is 323 g/mol. The molecule has 0 N–H and O–H groups in total. The molecule has 1 heterocycles. The average Bonchev–Trinajstić information content (AvgIpc) is 2.89. The summed E-state index contributed by atoms with van der Waals surface area (Å²) in [5.41, 5.74) is 0.934. The van der Waals surface area contributed by atoms with Crippen LogP contribution in [0, 0.1) is 5.82 Å². The molecule has 1 spiro atoms. The molecule has 1 unspecified atom stereocenters. The van der Waals surface area contributed by atoms with E-state index < -0.39 is 0 Å². The molecule has 1 aliphatic carbocycles. The number of rotatable bonds is 3. The molecule has 0 bridgehead atoms. The van der Waals surface area contributed by atoms with Crippen LogP contribution in [0.15, 0.2) is 18.2 Å². The van der Waals surface area contributed by atoms with Crippen molar-refractivity contribution in [2.24, 2.45) is 0 Å². The second-order valence-electron chi connectivity index (χ2n) is 5.87. The van der Waals surface area contributed by atoms with Crippen molar-refractivity contribution >= 4 is 15.9 Å². The SMILES string of the molecule is Fc1cc(CBr)ccc1OC1CCOC2(CCCC2)C1. The molecule has 0 aromatic heterocycles. The van der Waals surface area contributed by atoms with Crippen molar-refractivity contribution in [1.82, 2.24) is 0 Å². The van der Waals surface area contributed by atoms with Crippen molar-refractivity contribution in [2.45, 2.75) is 55.6 Å². The van der Waals surface area contributed by atoms with Gasteiger partial charge in [0.2, 0.25) is 0 Å². The molecule has 0 radical (unpaired) electrons. The maximum absolute atomic E-state index is 14.0. The Morgan fingerprint density at radius 3 is 2.85 bits per heavy atom. The standard InChI is InChI=1S/C16H20BrFO2/c17-11-12-3-4-15(14(18)9-12)20-13-5-8-19-16(10-13)6-1-2-7-16/h3-4,9,13H,1-2,5-8,10-11H2. The van der Waals surface area contributed by atoms with Crippen LogP contribution in [0.3, 0.4) is 0 Å². The van der Waals surface area contributed by atoms with Crippen molar-refractivity contribution in [1.29, 1.82) is 0 Å². The largest absolute Gasteiger partial charge is 0.487 e. The maximum Gasteiger partial charge on any atom is 0.165 e. The fourth-order valence-corrected chi connectivity index (χ4v) is 3.70. The van der Waals surface area contributed by atoms with Gasteiger partial charge in [0.25, 0.3) is 0 Å². The summed E-state index contributed by atoms with van der Waals surface area (Å²) in [6.45, 7) is 0.728. The molecule has 110 valence electrons. The van der Waals surface area contributed by atoms with E-state index >= 15 is 0 Å². The van der Waals surface area contributed by atoms with E-state index in [1.165, 1.54) is 18.9 Å². The minimum atomic E-state index is -0.270. The first kappa shape index (κ1) is 14.3. The van der Waals surface area contributed by atoms with Crippen molar-refractivity contribution < 1.29 is 13.9 Å². The summed E-state index contributed by atoms with van der Waals surface area (Å²) in [5.74, 6) is 0.101. The van der Waals surface area contributed by atoms with Gasteiger partial charge in [-0.1, -0.05) is 34.8 Å². The van der Waals surface area contributed by atoms with Gasteiger partial charge in [-0.3, -0.25) is 0 Å². The lowest BCUT2D eigenvalue weighted by Crippen LogP contribution is -2.41. The van der Waals surface area contributed by atoms with Gasteiger partial charge in [0.1, 0.15) is 6.10 Å². The predicted molar refractivity (Wildman–Crippen MR) is 79.8 cm³/mol. The summed E-state index contributed by atoms with van der Waals surface area (Å²) < 4.78 is 25.9. The predicted octanol–water partition coefficient (Wildman–Crippen LogP) is 4.59. The number of benzene rings is 1. The Bertz CT molecular complexity index is 472. The van der Waals surface area contributed by atoms with Gasteiger partial charge in [0, 0.05) is 18.2 Å². The molecule has 20 heavy (non-hydrogen) atoms. The third kappa shape index (κ3) is 3.01. The first-order chi connectivity index (χ1) is 9.71. The summed E-state index contributed by atoms with van der Waals surface area (Å²) >= 11 is 3.33. The quantitative estimate of drug-likeness (QED) is 0.748. The number of hydrogen-bond donors (Lipinski definition) is 0. The van der Waals surface area contributed by atoms with E-state index in [-0.39, 0.29) is 17.5 Å². The van der Waals surface area contributed by atoms with Crippen molar-refractivity contribution in [3.8, 4) is 5.75 Å². The van der Waals surface area contributed by atoms with Crippen molar-refractivity contribution in [3.05, 3.63) is 29.6 Å². The highest BCUT2D eigenvalue weighted by Crippen LogP contribution is 2.41. The Kier molecular flexibility index (Phi) is 4.32. The van der Waals surface area contributed by atoms with Crippen LogP contribution in [0.2, 0.25) is 0 Å². The van der Waals surface area contributed by atoms with E-state index in [1.807, 2.05) is 6.07 Å². The van der Waals surface area contributed by atoms with E-state index in [4.69, 9.17) is 9.47 Å². The van der Waals surface area contributed by atoms with E-state index in [1.54, 1.807) is 6.07 Å². The van der Waals surface area contributed by atoms with Gasteiger partial charge >= 0.3 is 0 Å². The van der Waals surface area contributed by atoms with Crippen molar-refractivity contribution in [2.75, 3.05) is 6.61 Å². The molecule has 1 saturated heterocycles. The first-order valence-corrected chi connectivity index (χ1v) is 8.48. The van der Waals surface area contributed by atoms with Gasteiger partial charge in [0.15, 0.2) is 11.6 Å². The van der Waals surface area contributed by atoms with E-state index in [0.717, 1.165) is 37.9 Å². The van der Waals surface area contributed by atoms with Gasteiger partial charge in [-0.05, 0) is 30.5 Å². The topological polar surface area (TPSA) is 18.5 Å². The highest BCUT2D eigenvalue weighted by molar-refractivity contribution is 9.08. The average molecular weight is 343 g/mol. The molecule has 2 fully saturated rings. The first-order valence-electron chi connectivity index (χ1n) is 7.36. The second-order valence-corrected chi connectivity index (χ2v) is 6.43. The Hall–Kier alpha value is -0.610. The molecule has 1 aromatic carbocycles. The highest BCUT2D eigenvalue weighted by atomic mass is 79.9. The zero-order chi connectivity index (χ0) is 14.0. The summed E-state index contributed by atoms with van der Waals surface area (Å²) in [4.78, 5) is 0. The van der Waals surface area contributed by atoms with Gasteiger partial charge in [0.05, 0.1) is 12.2 Å². The van der Waals surface area contributed by atoms with Gasteiger partial charge in [-0.2, -0.15) is 0 Å². The molecule has 3 rings (SSSR count). The van der Waals surface area contributed by atoms with Crippen LogP contribution in [0.5, 0.6) is 5.75 Å². The smallest absolute Gasteiger partial charge is 0.165 e. The lowest BCUT2D eigenvalue weighted by Gasteiger charge is -2.38. The van der Waals surface area contributed by atoms with Gasteiger partial charge in [-0.15, -0.1) is 0 Å². The van der Waals surface area contributed by atoms with Crippen LogP contribution < -0.4 is 4.74 Å². The Balaban J connectivity index is 1.68. The zero-order valence-electron chi connectivity index (χ0n) is 11.5. The van der Waals surface area contributed by atoms with Crippen LogP contribution >= 0.6 is 15.9 Å². The van der Waals surface area contributed by atoms with Crippen LogP contribution in [0.1, 0.15) is 44.1 Å². The Morgan fingerprint density at radius 2 is 2.15 bits per heavy atom. The fraction of sp³-hybridized carbons (Fsp3) is 0.625. The minimum absolute atomic E-state index is 0.00912. The molecule has 2 aliphatic rings. The Labute approximate surface area is 127 Å².